The zero-order valence-electron chi connectivity index (χ0n) is 8.94. The van der Waals surface area contributed by atoms with E-state index in [0.717, 1.165) is 15.7 Å². The second-order valence-electron chi connectivity index (χ2n) is 3.62. The smallest absolute Gasteiger partial charge is 0.171 e. The molecule has 82 valence electrons. The summed E-state index contributed by atoms with van der Waals surface area (Å²) in [6, 6.07) is 4.06. The molecule has 0 bridgehead atoms. The average Bonchev–Trinajstić information content (AvgIpc) is 2.64. The van der Waals surface area contributed by atoms with E-state index >= 15 is 0 Å². The molecule has 0 atom stereocenters. The first-order valence-corrected chi connectivity index (χ1v) is 5.56. The van der Waals surface area contributed by atoms with Crippen LogP contribution in [0.5, 0.6) is 0 Å². The highest BCUT2D eigenvalue weighted by molar-refractivity contribution is 9.10. The van der Waals surface area contributed by atoms with E-state index in [1.54, 1.807) is 10.9 Å². The fourth-order valence-electron chi connectivity index (χ4n) is 1.64. The fourth-order valence-corrected chi connectivity index (χ4v) is 2.49. The van der Waals surface area contributed by atoms with Crippen molar-refractivity contribution in [3.05, 3.63) is 39.6 Å². The summed E-state index contributed by atoms with van der Waals surface area (Å²) < 4.78 is 2.54. The first-order valence-electron chi connectivity index (χ1n) is 4.76. The molecule has 0 saturated heterocycles. The summed E-state index contributed by atoms with van der Waals surface area (Å²) in [6.45, 7) is 4.02. The van der Waals surface area contributed by atoms with Crippen molar-refractivity contribution < 1.29 is 4.79 Å². The van der Waals surface area contributed by atoms with Crippen molar-refractivity contribution in [2.75, 3.05) is 0 Å². The van der Waals surface area contributed by atoms with E-state index in [0.29, 0.717) is 12.0 Å². The molecule has 0 aliphatic rings. The van der Waals surface area contributed by atoms with Crippen molar-refractivity contribution in [1.29, 1.82) is 0 Å². The van der Waals surface area contributed by atoms with Gasteiger partial charge in [0, 0.05) is 4.47 Å². The Kier molecular flexibility index (Phi) is 2.87. The van der Waals surface area contributed by atoms with E-state index in [1.807, 2.05) is 19.9 Å². The molecular weight excluding hydrogens is 270 g/mol. The molecule has 0 amide bonds. The predicted octanol–water partition coefficient (Wildman–Crippen LogP) is 2.46. The van der Waals surface area contributed by atoms with Gasteiger partial charge in [0.2, 0.25) is 0 Å². The Labute approximate surface area is 101 Å². The van der Waals surface area contributed by atoms with E-state index in [-0.39, 0.29) is 0 Å². The first kappa shape index (κ1) is 11.0. The van der Waals surface area contributed by atoms with Gasteiger partial charge >= 0.3 is 0 Å². The summed E-state index contributed by atoms with van der Waals surface area (Å²) in [5.74, 6) is 0. The summed E-state index contributed by atoms with van der Waals surface area (Å²) in [4.78, 5) is 10.5. The number of halogens is 1. The van der Waals surface area contributed by atoms with Crippen LogP contribution in [-0.4, -0.2) is 21.3 Å². The van der Waals surface area contributed by atoms with E-state index in [4.69, 9.17) is 0 Å². The monoisotopic (exact) mass is 279 g/mol. The SMILES string of the molecule is Cc1cc(C)c(-n2cc(C=O)nn2)c(Br)c1. The molecule has 5 heteroatoms. The molecule has 2 aromatic rings. The third-order valence-corrected chi connectivity index (χ3v) is 2.86. The maximum absolute atomic E-state index is 10.5. The number of aldehydes is 1. The molecule has 4 nitrogen and oxygen atoms in total. The van der Waals surface area contributed by atoms with Crippen LogP contribution in [0.2, 0.25) is 0 Å². The van der Waals surface area contributed by atoms with Crippen LogP contribution in [0.3, 0.4) is 0 Å². The van der Waals surface area contributed by atoms with Gasteiger partial charge in [-0.05, 0) is 47.0 Å². The van der Waals surface area contributed by atoms with Gasteiger partial charge in [0.1, 0.15) is 5.69 Å². The largest absolute Gasteiger partial charge is 0.296 e. The molecule has 0 saturated carbocycles. The molecule has 0 aliphatic heterocycles. The highest BCUT2D eigenvalue weighted by Gasteiger charge is 2.09. The van der Waals surface area contributed by atoms with Gasteiger partial charge in [-0.15, -0.1) is 5.10 Å². The van der Waals surface area contributed by atoms with Gasteiger partial charge in [-0.1, -0.05) is 11.3 Å². The van der Waals surface area contributed by atoms with Gasteiger partial charge in [-0.3, -0.25) is 4.79 Å². The van der Waals surface area contributed by atoms with Gasteiger partial charge in [0.15, 0.2) is 6.29 Å². The van der Waals surface area contributed by atoms with Crippen LogP contribution in [-0.2, 0) is 0 Å². The summed E-state index contributed by atoms with van der Waals surface area (Å²) in [7, 11) is 0. The van der Waals surface area contributed by atoms with Gasteiger partial charge in [0.25, 0.3) is 0 Å². The number of hydrogen-bond donors (Lipinski definition) is 0. The molecule has 0 unspecified atom stereocenters. The van der Waals surface area contributed by atoms with Crippen LogP contribution < -0.4 is 0 Å². The van der Waals surface area contributed by atoms with Crippen LogP contribution in [0, 0.1) is 13.8 Å². The van der Waals surface area contributed by atoms with E-state index < -0.39 is 0 Å². The molecule has 1 aromatic carbocycles. The van der Waals surface area contributed by atoms with E-state index in [2.05, 4.69) is 32.3 Å². The van der Waals surface area contributed by atoms with E-state index in [9.17, 15) is 4.79 Å². The molecular formula is C11H10BrN3O. The van der Waals surface area contributed by atoms with Crippen molar-refractivity contribution in [2.24, 2.45) is 0 Å². The molecule has 1 heterocycles. The predicted molar refractivity (Wildman–Crippen MR) is 63.9 cm³/mol. The first-order chi connectivity index (χ1) is 7.61. The Balaban J connectivity index is 2.59. The minimum Gasteiger partial charge on any atom is -0.296 e. The normalized spacial score (nSPS) is 10.4. The van der Waals surface area contributed by atoms with Crippen molar-refractivity contribution in [3.8, 4) is 5.69 Å². The Morgan fingerprint density at radius 2 is 2.12 bits per heavy atom. The molecule has 2 rings (SSSR count). The third-order valence-electron chi connectivity index (χ3n) is 2.26. The van der Waals surface area contributed by atoms with Crippen LogP contribution in [0.4, 0.5) is 0 Å². The molecule has 1 aromatic heterocycles. The van der Waals surface area contributed by atoms with Crippen molar-refractivity contribution in [1.82, 2.24) is 15.0 Å². The lowest BCUT2D eigenvalue weighted by molar-refractivity contribution is 0.111. The Bertz CT molecular complexity index is 525. The molecule has 0 radical (unpaired) electrons. The zero-order valence-corrected chi connectivity index (χ0v) is 10.5. The highest BCUT2D eigenvalue weighted by atomic mass is 79.9. The van der Waals surface area contributed by atoms with E-state index in [1.165, 1.54) is 5.56 Å². The summed E-state index contributed by atoms with van der Waals surface area (Å²) >= 11 is 3.49. The van der Waals surface area contributed by atoms with Crippen LogP contribution in [0.1, 0.15) is 21.6 Å². The van der Waals surface area contributed by atoms with Crippen molar-refractivity contribution in [3.63, 3.8) is 0 Å². The number of hydrogen-bond acceptors (Lipinski definition) is 3. The minimum absolute atomic E-state index is 0.326. The second kappa shape index (κ2) is 4.17. The zero-order chi connectivity index (χ0) is 11.7. The van der Waals surface area contributed by atoms with Crippen LogP contribution >= 0.6 is 15.9 Å². The van der Waals surface area contributed by atoms with Gasteiger partial charge in [-0.2, -0.15) is 0 Å². The molecule has 0 fully saturated rings. The van der Waals surface area contributed by atoms with Crippen LogP contribution in [0.15, 0.2) is 22.8 Å². The van der Waals surface area contributed by atoms with Gasteiger partial charge < -0.3 is 0 Å². The highest BCUT2D eigenvalue weighted by Crippen LogP contribution is 2.25. The number of carbonyl (C=O) groups is 1. The van der Waals surface area contributed by atoms with Crippen molar-refractivity contribution in [2.45, 2.75) is 13.8 Å². The second-order valence-corrected chi connectivity index (χ2v) is 4.47. The standard InChI is InChI=1S/C11H10BrN3O/c1-7-3-8(2)11(10(12)4-7)15-5-9(6-16)13-14-15/h3-6H,1-2H3. The van der Waals surface area contributed by atoms with Gasteiger partial charge in [0.05, 0.1) is 11.9 Å². The number of rotatable bonds is 2. The maximum atomic E-state index is 10.5. The molecule has 0 spiro atoms. The number of aromatic nitrogens is 3. The maximum Gasteiger partial charge on any atom is 0.171 e. The Hall–Kier alpha value is -1.49. The van der Waals surface area contributed by atoms with Crippen molar-refractivity contribution >= 4 is 22.2 Å². The lowest BCUT2D eigenvalue weighted by Gasteiger charge is -2.08. The number of aryl methyl sites for hydroxylation is 2. The Morgan fingerprint density at radius 3 is 2.69 bits per heavy atom. The summed E-state index contributed by atoms with van der Waals surface area (Å²) in [5.41, 5.74) is 3.48. The fraction of sp³-hybridized carbons (Fsp3) is 0.182. The van der Waals surface area contributed by atoms with Gasteiger partial charge in [-0.25, -0.2) is 4.68 Å². The Morgan fingerprint density at radius 1 is 1.38 bits per heavy atom. The summed E-state index contributed by atoms with van der Waals surface area (Å²) in [5, 5.41) is 7.65. The minimum atomic E-state index is 0.326. The lowest BCUT2D eigenvalue weighted by Crippen LogP contribution is -2.00. The molecule has 0 aliphatic carbocycles. The molecule has 0 N–H and O–H groups in total. The quantitative estimate of drug-likeness (QED) is 0.794. The number of carbonyl (C=O) groups excluding carboxylic acids is 1. The third kappa shape index (κ3) is 1.90. The number of nitrogens with zero attached hydrogens (tertiary/aromatic N) is 3. The van der Waals surface area contributed by atoms with Crippen LogP contribution in [0.25, 0.3) is 5.69 Å². The molecule has 16 heavy (non-hydrogen) atoms. The number of benzene rings is 1. The lowest BCUT2D eigenvalue weighted by atomic mass is 10.1. The summed E-state index contributed by atoms with van der Waals surface area (Å²) in [6.07, 6.45) is 2.29. The topological polar surface area (TPSA) is 47.8 Å². The average molecular weight is 280 g/mol.